The second kappa shape index (κ2) is 18.7. The van der Waals surface area contributed by atoms with Gasteiger partial charge in [-0.1, -0.05) is 96.8 Å². The number of amides is 4. The monoisotopic (exact) mass is 804 g/mol. The first-order valence-electron chi connectivity index (χ1n) is 19.4. The lowest BCUT2D eigenvalue weighted by molar-refractivity contribution is -0.134. The Hall–Kier alpha value is -7.66. The minimum absolute atomic E-state index is 0.224. The van der Waals surface area contributed by atoms with Gasteiger partial charge in [0.2, 0.25) is 5.91 Å². The summed E-state index contributed by atoms with van der Waals surface area (Å²) in [6.07, 6.45) is 3.64. The Labute approximate surface area is 347 Å². The number of alkyl carbamates (subject to hydrolysis) is 2. The van der Waals surface area contributed by atoms with Gasteiger partial charge >= 0.3 is 12.2 Å². The quantitative estimate of drug-likeness (QED) is 0.0877. The van der Waals surface area contributed by atoms with E-state index in [1.807, 2.05) is 91.9 Å². The zero-order chi connectivity index (χ0) is 42.0. The van der Waals surface area contributed by atoms with Crippen molar-refractivity contribution in [3.8, 4) is 34.4 Å². The number of nitrogens with zero attached hydrogens (tertiary/aromatic N) is 3. The van der Waals surface area contributed by atoms with Crippen LogP contribution in [0.3, 0.4) is 0 Å². The van der Waals surface area contributed by atoms with Crippen LogP contribution in [0.4, 0.5) is 9.59 Å². The van der Waals surface area contributed by atoms with Crippen LogP contribution >= 0.6 is 0 Å². The number of rotatable bonds is 11. The number of aromatic nitrogens is 4. The zero-order valence-corrected chi connectivity index (χ0v) is 33.3. The number of hydrogen-bond acceptors (Lipinski definition) is 8. The predicted molar refractivity (Wildman–Crippen MR) is 224 cm³/mol. The van der Waals surface area contributed by atoms with E-state index in [1.54, 1.807) is 41.6 Å². The number of benzene rings is 4. The molecule has 4 amide bonds. The van der Waals surface area contributed by atoms with Gasteiger partial charge in [0.1, 0.15) is 23.7 Å². The minimum Gasteiger partial charge on any atom is -0.453 e. The van der Waals surface area contributed by atoms with E-state index in [0.717, 1.165) is 46.5 Å². The molecular weight excluding hydrogens is 761 g/mol. The number of H-pyrrole nitrogens is 2. The van der Waals surface area contributed by atoms with Crippen molar-refractivity contribution >= 4 is 24.0 Å². The molecule has 0 bridgehead atoms. The van der Waals surface area contributed by atoms with Crippen molar-refractivity contribution in [2.45, 2.75) is 43.9 Å². The third kappa shape index (κ3) is 9.54. The maximum Gasteiger partial charge on any atom is 0.407 e. The number of imidazole rings is 2. The van der Waals surface area contributed by atoms with Crippen LogP contribution in [-0.4, -0.2) is 69.6 Å². The van der Waals surface area contributed by atoms with Crippen LogP contribution < -0.4 is 16.0 Å². The SMILES string of the molecule is COC(=O)N[C@@H](C(=O)N[C@@H](C)c1ncc(-c2ccc(C#Cc3ccc(-c4cnc([C@@H]5CCCN5C(=O)[C@H](NC(=O)OC)c5ccccc5)[nH]4)cc3)cc2)[nH]1)c1ccccc1. The molecular formula is C46H44N8O6. The van der Waals surface area contributed by atoms with Gasteiger partial charge in [-0.2, -0.15) is 0 Å². The number of likely N-dealkylation sites (tertiary alicyclic amines) is 1. The summed E-state index contributed by atoms with van der Waals surface area (Å²) in [5, 5.41) is 8.21. The fraction of sp³-hybridized carbons (Fsp3) is 0.217. The van der Waals surface area contributed by atoms with E-state index in [9.17, 15) is 19.2 Å². The molecule has 1 aliphatic heterocycles. The van der Waals surface area contributed by atoms with E-state index in [4.69, 9.17) is 9.47 Å². The van der Waals surface area contributed by atoms with E-state index in [0.29, 0.717) is 29.3 Å². The van der Waals surface area contributed by atoms with Crippen molar-refractivity contribution in [1.29, 1.82) is 0 Å². The second-order valence-electron chi connectivity index (χ2n) is 14.1. The zero-order valence-electron chi connectivity index (χ0n) is 33.3. The fourth-order valence-electron chi connectivity index (χ4n) is 7.04. The molecule has 60 heavy (non-hydrogen) atoms. The van der Waals surface area contributed by atoms with E-state index < -0.39 is 36.2 Å². The first-order chi connectivity index (χ1) is 29.2. The molecule has 2 aromatic heterocycles. The Balaban J connectivity index is 0.964. The van der Waals surface area contributed by atoms with Gasteiger partial charge in [-0.3, -0.25) is 9.59 Å². The summed E-state index contributed by atoms with van der Waals surface area (Å²) >= 11 is 0. The number of aromatic amines is 2. The van der Waals surface area contributed by atoms with Gasteiger partial charge < -0.3 is 40.3 Å². The molecule has 7 rings (SSSR count). The highest BCUT2D eigenvalue weighted by Crippen LogP contribution is 2.34. The van der Waals surface area contributed by atoms with Gasteiger partial charge in [0.05, 0.1) is 50.1 Å². The molecule has 1 aliphatic rings. The van der Waals surface area contributed by atoms with Crippen molar-refractivity contribution in [3.63, 3.8) is 0 Å². The molecule has 5 N–H and O–H groups in total. The summed E-state index contributed by atoms with van der Waals surface area (Å²) in [4.78, 5) is 68.9. The highest BCUT2D eigenvalue weighted by Gasteiger charge is 2.37. The topological polar surface area (TPSA) is 183 Å². The van der Waals surface area contributed by atoms with E-state index in [2.05, 4.69) is 47.7 Å². The van der Waals surface area contributed by atoms with Crippen molar-refractivity contribution in [1.82, 2.24) is 40.8 Å². The molecule has 3 heterocycles. The number of hydrogen-bond donors (Lipinski definition) is 5. The van der Waals surface area contributed by atoms with Gasteiger partial charge in [-0.15, -0.1) is 0 Å². The molecule has 0 unspecified atom stereocenters. The number of nitrogens with one attached hydrogen (secondary N) is 5. The fourth-order valence-corrected chi connectivity index (χ4v) is 7.04. The smallest absolute Gasteiger partial charge is 0.407 e. The molecule has 4 atom stereocenters. The number of carbonyl (C=O) groups is 4. The van der Waals surface area contributed by atoms with Crippen LogP contribution in [0.5, 0.6) is 0 Å². The predicted octanol–water partition coefficient (Wildman–Crippen LogP) is 6.90. The van der Waals surface area contributed by atoms with Gasteiger partial charge in [-0.05, 0) is 66.3 Å². The highest BCUT2D eigenvalue weighted by atomic mass is 16.5. The van der Waals surface area contributed by atoms with Crippen LogP contribution in [0.2, 0.25) is 0 Å². The van der Waals surface area contributed by atoms with Crippen LogP contribution in [0, 0.1) is 11.8 Å². The van der Waals surface area contributed by atoms with E-state index >= 15 is 0 Å². The molecule has 14 nitrogen and oxygen atoms in total. The standard InChI is InChI=1S/C46H44N8O6/c1-29(49-43(55)39(52-45(57)59-2)34-11-6-4-7-12-34)41-47-27-36(50-41)32-22-18-30(19-23-32)16-17-31-20-24-33(25-21-31)37-28-48-42(51-37)38-15-10-26-54(38)44(56)40(53-46(58)60-3)35-13-8-5-9-14-35/h4-9,11-14,18-25,27-29,38-40H,10,15,26H2,1-3H3,(H,47,50)(H,48,51)(H,49,55)(H,52,57)(H,53,58)/t29-,38-,39+,40+/m0/s1. The second-order valence-corrected chi connectivity index (χ2v) is 14.1. The van der Waals surface area contributed by atoms with Crippen molar-refractivity contribution in [3.05, 3.63) is 155 Å². The first-order valence-corrected chi connectivity index (χ1v) is 19.4. The molecule has 14 heteroatoms. The van der Waals surface area contributed by atoms with Crippen LogP contribution in [0.15, 0.2) is 122 Å². The van der Waals surface area contributed by atoms with Crippen LogP contribution in [-0.2, 0) is 19.1 Å². The van der Waals surface area contributed by atoms with Crippen molar-refractivity contribution in [2.24, 2.45) is 0 Å². The first kappa shape index (κ1) is 40.5. The summed E-state index contributed by atoms with van der Waals surface area (Å²) in [7, 11) is 2.52. The Bertz CT molecular complexity index is 2490. The average molecular weight is 805 g/mol. The summed E-state index contributed by atoms with van der Waals surface area (Å²) in [6.45, 7) is 2.35. The lowest BCUT2D eigenvalue weighted by Crippen LogP contribution is -2.42. The van der Waals surface area contributed by atoms with Gasteiger partial charge in [0, 0.05) is 17.7 Å². The molecule has 1 fully saturated rings. The summed E-state index contributed by atoms with van der Waals surface area (Å²) in [5.41, 5.74) is 6.37. The Morgan fingerprint density at radius 2 is 1.20 bits per heavy atom. The van der Waals surface area contributed by atoms with Gasteiger partial charge in [0.15, 0.2) is 0 Å². The third-order valence-corrected chi connectivity index (χ3v) is 10.2. The Morgan fingerprint density at radius 3 is 1.77 bits per heavy atom. The highest BCUT2D eigenvalue weighted by molar-refractivity contribution is 5.88. The lowest BCUT2D eigenvalue weighted by atomic mass is 10.1. The van der Waals surface area contributed by atoms with Crippen LogP contribution in [0.1, 0.15) is 77.8 Å². The Kier molecular flexibility index (Phi) is 12.7. The largest absolute Gasteiger partial charge is 0.453 e. The molecule has 0 aliphatic carbocycles. The van der Waals surface area contributed by atoms with Gasteiger partial charge in [-0.25, -0.2) is 19.6 Å². The van der Waals surface area contributed by atoms with E-state index in [-0.39, 0.29) is 11.9 Å². The summed E-state index contributed by atoms with van der Waals surface area (Å²) in [5.74, 6) is 7.06. The third-order valence-electron chi connectivity index (χ3n) is 10.2. The minimum atomic E-state index is -0.945. The molecule has 1 saturated heterocycles. The maximum atomic E-state index is 13.8. The average Bonchev–Trinajstić information content (AvgIpc) is 4.10. The number of carbonyl (C=O) groups excluding carboxylic acids is 4. The summed E-state index contributed by atoms with van der Waals surface area (Å²) in [6, 6.07) is 31.1. The number of methoxy groups -OCH3 is 2. The lowest BCUT2D eigenvalue weighted by Gasteiger charge is -2.28. The normalized spacial score (nSPS) is 14.8. The molecule has 6 aromatic rings. The molecule has 0 saturated carbocycles. The van der Waals surface area contributed by atoms with E-state index in [1.165, 1.54) is 14.2 Å². The number of ether oxygens (including phenoxy) is 2. The van der Waals surface area contributed by atoms with Crippen LogP contribution in [0.25, 0.3) is 22.5 Å². The Morgan fingerprint density at radius 1 is 0.683 bits per heavy atom. The van der Waals surface area contributed by atoms with Crippen molar-refractivity contribution in [2.75, 3.05) is 20.8 Å². The maximum absolute atomic E-state index is 13.8. The molecule has 304 valence electrons. The van der Waals surface area contributed by atoms with Gasteiger partial charge in [0.25, 0.3) is 5.91 Å². The molecule has 0 spiro atoms. The summed E-state index contributed by atoms with van der Waals surface area (Å²) < 4.78 is 9.54. The molecule has 4 aromatic carbocycles. The van der Waals surface area contributed by atoms with Crippen molar-refractivity contribution < 1.29 is 28.7 Å². The molecule has 0 radical (unpaired) electrons.